The van der Waals surface area contributed by atoms with Crippen LogP contribution in [0.25, 0.3) is 11.3 Å². The number of rotatable bonds is 1. The molecule has 0 amide bonds. The van der Waals surface area contributed by atoms with Crippen LogP contribution in [0.4, 0.5) is 11.6 Å². The van der Waals surface area contributed by atoms with E-state index in [1.807, 2.05) is 0 Å². The van der Waals surface area contributed by atoms with Crippen LogP contribution in [0, 0.1) is 0 Å². The molecular formula is C9H9N3O2. The van der Waals surface area contributed by atoms with Crippen molar-refractivity contribution < 1.29 is 9.63 Å². The van der Waals surface area contributed by atoms with Gasteiger partial charge in [-0.15, -0.1) is 0 Å². The van der Waals surface area contributed by atoms with Crippen LogP contribution in [0.2, 0.25) is 0 Å². The zero-order valence-corrected chi connectivity index (χ0v) is 7.27. The van der Waals surface area contributed by atoms with E-state index < -0.39 is 0 Å². The summed E-state index contributed by atoms with van der Waals surface area (Å²) in [7, 11) is 0. The van der Waals surface area contributed by atoms with Gasteiger partial charge in [0.1, 0.15) is 11.4 Å². The summed E-state index contributed by atoms with van der Waals surface area (Å²) in [6, 6.07) is 6.37. The van der Waals surface area contributed by atoms with E-state index in [1.165, 1.54) is 6.07 Å². The van der Waals surface area contributed by atoms with Crippen LogP contribution in [0.3, 0.4) is 0 Å². The number of hydrogen-bond donors (Lipinski definition) is 3. The van der Waals surface area contributed by atoms with Crippen molar-refractivity contribution in [2.45, 2.75) is 0 Å². The second-order valence-corrected chi connectivity index (χ2v) is 2.89. The molecule has 0 saturated heterocycles. The van der Waals surface area contributed by atoms with E-state index in [9.17, 15) is 5.11 Å². The van der Waals surface area contributed by atoms with Crippen molar-refractivity contribution in [3.63, 3.8) is 0 Å². The highest BCUT2D eigenvalue weighted by atomic mass is 16.5. The van der Waals surface area contributed by atoms with Gasteiger partial charge in [0.05, 0.1) is 5.69 Å². The van der Waals surface area contributed by atoms with E-state index >= 15 is 0 Å². The topological polar surface area (TPSA) is 98.3 Å². The Morgan fingerprint density at radius 1 is 1.21 bits per heavy atom. The summed E-state index contributed by atoms with van der Waals surface area (Å²) in [5.41, 5.74) is 12.5. The summed E-state index contributed by atoms with van der Waals surface area (Å²) < 4.78 is 4.71. The summed E-state index contributed by atoms with van der Waals surface area (Å²) >= 11 is 0. The molecule has 0 radical (unpaired) electrons. The van der Waals surface area contributed by atoms with Gasteiger partial charge in [-0.3, -0.25) is 0 Å². The monoisotopic (exact) mass is 191 g/mol. The molecule has 1 aromatic heterocycles. The number of nitrogens with two attached hydrogens (primary N) is 2. The predicted octanol–water partition coefficient (Wildman–Crippen LogP) is 1.21. The van der Waals surface area contributed by atoms with Crippen molar-refractivity contribution in [2.75, 3.05) is 11.5 Å². The Morgan fingerprint density at radius 2 is 2.00 bits per heavy atom. The Morgan fingerprint density at radius 3 is 2.57 bits per heavy atom. The molecule has 2 rings (SSSR count). The molecule has 0 saturated carbocycles. The molecule has 0 spiro atoms. The summed E-state index contributed by atoms with van der Waals surface area (Å²) in [5.74, 6) is 0.289. The maximum absolute atomic E-state index is 9.20. The standard InChI is InChI=1S/C9H9N3O2/c10-6-3-5(1-2-8(6)13)7-4-9(11)14-12-7/h1-4,13H,10-11H2. The molecule has 0 aliphatic carbocycles. The zero-order chi connectivity index (χ0) is 10.1. The molecule has 72 valence electrons. The molecule has 5 nitrogen and oxygen atoms in total. The molecule has 5 heteroatoms. The lowest BCUT2D eigenvalue weighted by Crippen LogP contribution is -1.86. The first-order valence-electron chi connectivity index (χ1n) is 3.98. The first-order chi connectivity index (χ1) is 6.66. The first kappa shape index (κ1) is 8.43. The largest absolute Gasteiger partial charge is 0.506 e. The minimum Gasteiger partial charge on any atom is -0.506 e. The van der Waals surface area contributed by atoms with E-state index in [0.29, 0.717) is 11.4 Å². The van der Waals surface area contributed by atoms with Gasteiger partial charge in [-0.1, -0.05) is 5.16 Å². The number of nitrogens with zero attached hydrogens (tertiary/aromatic N) is 1. The van der Waals surface area contributed by atoms with Crippen molar-refractivity contribution in [2.24, 2.45) is 0 Å². The van der Waals surface area contributed by atoms with Gasteiger partial charge in [-0.05, 0) is 18.2 Å². The second-order valence-electron chi connectivity index (χ2n) is 2.89. The normalized spacial score (nSPS) is 10.3. The van der Waals surface area contributed by atoms with Gasteiger partial charge in [-0.25, -0.2) is 0 Å². The SMILES string of the molecule is Nc1cc(-c2ccc(O)c(N)c2)no1. The molecule has 0 fully saturated rings. The van der Waals surface area contributed by atoms with E-state index in [2.05, 4.69) is 5.16 Å². The number of anilines is 2. The maximum Gasteiger partial charge on any atom is 0.222 e. The van der Waals surface area contributed by atoms with Crippen LogP contribution in [-0.2, 0) is 0 Å². The number of nitrogen functional groups attached to an aromatic ring is 2. The Hall–Kier alpha value is -2.17. The van der Waals surface area contributed by atoms with Crippen molar-refractivity contribution >= 4 is 11.6 Å². The third kappa shape index (κ3) is 1.35. The Kier molecular flexibility index (Phi) is 1.78. The van der Waals surface area contributed by atoms with Crippen LogP contribution in [0.15, 0.2) is 28.8 Å². The van der Waals surface area contributed by atoms with E-state index in [1.54, 1.807) is 18.2 Å². The molecule has 1 aromatic carbocycles. The lowest BCUT2D eigenvalue weighted by molar-refractivity contribution is 0.439. The molecule has 14 heavy (non-hydrogen) atoms. The lowest BCUT2D eigenvalue weighted by atomic mass is 10.1. The number of phenols is 1. The van der Waals surface area contributed by atoms with Crippen LogP contribution < -0.4 is 11.5 Å². The molecule has 0 unspecified atom stereocenters. The number of hydrogen-bond acceptors (Lipinski definition) is 5. The number of benzene rings is 1. The van der Waals surface area contributed by atoms with Gasteiger partial charge in [0, 0.05) is 11.6 Å². The Bertz CT molecular complexity index is 465. The highest BCUT2D eigenvalue weighted by molar-refractivity contribution is 5.68. The summed E-state index contributed by atoms with van der Waals surface area (Å²) in [5, 5.41) is 12.9. The third-order valence-electron chi connectivity index (χ3n) is 1.85. The summed E-state index contributed by atoms with van der Waals surface area (Å²) in [6.45, 7) is 0. The first-order valence-corrected chi connectivity index (χ1v) is 3.98. The average molecular weight is 191 g/mol. The Balaban J connectivity index is 2.47. The van der Waals surface area contributed by atoms with E-state index in [4.69, 9.17) is 16.0 Å². The fourth-order valence-corrected chi connectivity index (χ4v) is 1.14. The number of phenolic OH excluding ortho intramolecular Hbond substituents is 1. The minimum absolute atomic E-state index is 0.0465. The molecule has 0 aliphatic heterocycles. The van der Waals surface area contributed by atoms with E-state index in [-0.39, 0.29) is 11.6 Å². The highest BCUT2D eigenvalue weighted by Gasteiger charge is 2.05. The van der Waals surface area contributed by atoms with Gasteiger partial charge >= 0.3 is 0 Å². The number of aromatic nitrogens is 1. The van der Waals surface area contributed by atoms with Crippen LogP contribution >= 0.6 is 0 Å². The van der Waals surface area contributed by atoms with Crippen molar-refractivity contribution in [1.29, 1.82) is 0 Å². The van der Waals surface area contributed by atoms with Crippen molar-refractivity contribution in [3.05, 3.63) is 24.3 Å². The molecule has 5 N–H and O–H groups in total. The average Bonchev–Trinajstić information content (AvgIpc) is 2.57. The predicted molar refractivity (Wildman–Crippen MR) is 52.4 cm³/mol. The van der Waals surface area contributed by atoms with Crippen LogP contribution in [-0.4, -0.2) is 10.3 Å². The maximum atomic E-state index is 9.20. The molecule has 0 aliphatic rings. The van der Waals surface area contributed by atoms with Gasteiger partial charge in [0.25, 0.3) is 0 Å². The third-order valence-corrected chi connectivity index (χ3v) is 1.85. The smallest absolute Gasteiger partial charge is 0.222 e. The summed E-state index contributed by atoms with van der Waals surface area (Å²) in [6.07, 6.45) is 0. The lowest BCUT2D eigenvalue weighted by Gasteiger charge is -1.99. The molecule has 2 aromatic rings. The molecule has 0 atom stereocenters. The molecule has 0 bridgehead atoms. The van der Waals surface area contributed by atoms with Gasteiger partial charge in [0.2, 0.25) is 5.88 Å². The fourth-order valence-electron chi connectivity index (χ4n) is 1.14. The second kappa shape index (κ2) is 2.95. The van der Waals surface area contributed by atoms with Gasteiger partial charge in [-0.2, -0.15) is 0 Å². The fraction of sp³-hybridized carbons (Fsp3) is 0. The minimum atomic E-state index is 0.0465. The van der Waals surface area contributed by atoms with E-state index in [0.717, 1.165) is 5.56 Å². The highest BCUT2D eigenvalue weighted by Crippen LogP contribution is 2.27. The van der Waals surface area contributed by atoms with Crippen LogP contribution in [0.1, 0.15) is 0 Å². The Labute approximate surface area is 79.9 Å². The van der Waals surface area contributed by atoms with Crippen molar-refractivity contribution in [3.8, 4) is 17.0 Å². The van der Waals surface area contributed by atoms with Gasteiger partial charge < -0.3 is 21.1 Å². The molecular weight excluding hydrogens is 182 g/mol. The molecule has 1 heterocycles. The van der Waals surface area contributed by atoms with Crippen LogP contribution in [0.5, 0.6) is 5.75 Å². The quantitative estimate of drug-likeness (QED) is 0.465. The number of aromatic hydroxyl groups is 1. The zero-order valence-electron chi connectivity index (χ0n) is 7.27. The van der Waals surface area contributed by atoms with Crippen molar-refractivity contribution in [1.82, 2.24) is 5.16 Å². The summed E-state index contributed by atoms with van der Waals surface area (Å²) in [4.78, 5) is 0. The van der Waals surface area contributed by atoms with Gasteiger partial charge in [0.15, 0.2) is 0 Å².